The molecule has 1 N–H and O–H groups in total. The first-order valence-corrected chi connectivity index (χ1v) is 8.44. The molecule has 0 saturated heterocycles. The Morgan fingerprint density at radius 3 is 2.70 bits per heavy atom. The van der Waals surface area contributed by atoms with Crippen molar-refractivity contribution in [3.8, 4) is 5.75 Å². The number of rotatable bonds is 7. The van der Waals surface area contributed by atoms with E-state index in [1.165, 1.54) is 0 Å². The number of hydrogen-bond acceptors (Lipinski definition) is 4. The summed E-state index contributed by atoms with van der Waals surface area (Å²) in [6, 6.07) is 6.17. The Morgan fingerprint density at radius 2 is 2.04 bits per heavy atom. The predicted molar refractivity (Wildman–Crippen MR) is 94.2 cm³/mol. The van der Waals surface area contributed by atoms with Crippen molar-refractivity contribution in [3.05, 3.63) is 35.9 Å². The molecule has 4 nitrogen and oxygen atoms in total. The standard InChI is InChI=1S/C19H29NO3/c1-6-9-12-22-18-17(21-8-3)15-13-14(20-7-2)10-11-16(15)23-19(18,4)5/h6,9-11,13,17-18,20H,7-8,12H2,1-5H3/b9-6+. The highest BCUT2D eigenvalue weighted by Gasteiger charge is 2.45. The van der Waals surface area contributed by atoms with Gasteiger partial charge >= 0.3 is 0 Å². The van der Waals surface area contributed by atoms with Crippen molar-refractivity contribution >= 4 is 5.69 Å². The molecule has 2 unspecified atom stereocenters. The van der Waals surface area contributed by atoms with Crippen LogP contribution in [0.25, 0.3) is 0 Å². The van der Waals surface area contributed by atoms with Crippen LogP contribution >= 0.6 is 0 Å². The molecule has 128 valence electrons. The molecule has 0 aliphatic carbocycles. The smallest absolute Gasteiger partial charge is 0.132 e. The summed E-state index contributed by atoms with van der Waals surface area (Å²) in [4.78, 5) is 0. The third-order valence-corrected chi connectivity index (χ3v) is 3.98. The van der Waals surface area contributed by atoms with Gasteiger partial charge in [-0.1, -0.05) is 12.2 Å². The van der Waals surface area contributed by atoms with E-state index in [9.17, 15) is 0 Å². The summed E-state index contributed by atoms with van der Waals surface area (Å²) in [5, 5.41) is 3.35. The molecule has 1 aromatic carbocycles. The van der Waals surface area contributed by atoms with Gasteiger partial charge in [-0.3, -0.25) is 0 Å². The summed E-state index contributed by atoms with van der Waals surface area (Å²) in [5.74, 6) is 0.876. The minimum atomic E-state index is -0.450. The van der Waals surface area contributed by atoms with Crippen LogP contribution in [0, 0.1) is 0 Å². The van der Waals surface area contributed by atoms with Crippen molar-refractivity contribution in [1.29, 1.82) is 0 Å². The maximum Gasteiger partial charge on any atom is 0.132 e. The number of ether oxygens (including phenoxy) is 3. The van der Waals surface area contributed by atoms with E-state index in [-0.39, 0.29) is 12.2 Å². The first-order chi connectivity index (χ1) is 11.0. The molecule has 2 atom stereocenters. The van der Waals surface area contributed by atoms with Crippen LogP contribution in [0.15, 0.2) is 30.4 Å². The lowest BCUT2D eigenvalue weighted by molar-refractivity contribution is -0.155. The Hall–Kier alpha value is -1.52. The Morgan fingerprint density at radius 1 is 1.26 bits per heavy atom. The van der Waals surface area contributed by atoms with Gasteiger partial charge in [0.05, 0.1) is 6.61 Å². The molecule has 1 aromatic rings. The molecule has 1 heterocycles. The van der Waals surface area contributed by atoms with Gasteiger partial charge in [-0.15, -0.1) is 0 Å². The molecule has 0 fully saturated rings. The first kappa shape index (κ1) is 17.8. The van der Waals surface area contributed by atoms with E-state index in [1.54, 1.807) is 0 Å². The number of fused-ring (bicyclic) bond motifs is 1. The normalized spacial score (nSPS) is 22.7. The molecule has 0 spiro atoms. The summed E-state index contributed by atoms with van der Waals surface area (Å²) >= 11 is 0. The van der Waals surface area contributed by atoms with Crippen molar-refractivity contribution in [3.63, 3.8) is 0 Å². The van der Waals surface area contributed by atoms with Crippen molar-refractivity contribution in [1.82, 2.24) is 0 Å². The van der Waals surface area contributed by atoms with Crippen LogP contribution in [0.3, 0.4) is 0 Å². The van der Waals surface area contributed by atoms with Gasteiger partial charge < -0.3 is 19.5 Å². The molecule has 0 radical (unpaired) electrons. The van der Waals surface area contributed by atoms with Crippen LogP contribution in [0.1, 0.15) is 46.3 Å². The average Bonchev–Trinajstić information content (AvgIpc) is 2.50. The van der Waals surface area contributed by atoms with Gasteiger partial charge in [0.25, 0.3) is 0 Å². The lowest BCUT2D eigenvalue weighted by Gasteiger charge is -2.44. The molecule has 4 heteroatoms. The minimum Gasteiger partial charge on any atom is -0.485 e. The van der Waals surface area contributed by atoms with Gasteiger partial charge in [0.2, 0.25) is 0 Å². The molecule has 1 aliphatic rings. The fraction of sp³-hybridized carbons (Fsp3) is 0.579. The van der Waals surface area contributed by atoms with Gasteiger partial charge in [0.1, 0.15) is 23.6 Å². The van der Waals surface area contributed by atoms with Crippen molar-refractivity contribution in [2.75, 3.05) is 25.1 Å². The second-order valence-electron chi connectivity index (χ2n) is 6.19. The van der Waals surface area contributed by atoms with E-state index < -0.39 is 5.60 Å². The zero-order chi connectivity index (χ0) is 16.9. The zero-order valence-corrected chi connectivity index (χ0v) is 14.9. The number of hydrogen-bond donors (Lipinski definition) is 1. The molecule has 0 saturated carbocycles. The topological polar surface area (TPSA) is 39.7 Å². The van der Waals surface area contributed by atoms with Crippen LogP contribution < -0.4 is 10.1 Å². The summed E-state index contributed by atoms with van der Waals surface area (Å²) < 4.78 is 18.4. The molecule has 1 aliphatic heterocycles. The Labute approximate surface area is 139 Å². The Kier molecular flexibility index (Phi) is 6.08. The molecule has 23 heavy (non-hydrogen) atoms. The van der Waals surface area contributed by atoms with Crippen molar-refractivity contribution in [2.45, 2.75) is 52.4 Å². The van der Waals surface area contributed by atoms with Crippen LogP contribution in [-0.4, -0.2) is 31.5 Å². The first-order valence-electron chi connectivity index (χ1n) is 8.44. The van der Waals surface area contributed by atoms with E-state index in [1.807, 2.05) is 38.1 Å². The van der Waals surface area contributed by atoms with Crippen molar-refractivity contribution in [2.24, 2.45) is 0 Å². The van der Waals surface area contributed by atoms with Crippen LogP contribution in [0.4, 0.5) is 5.69 Å². The lowest BCUT2D eigenvalue weighted by Crippen LogP contribution is -2.51. The van der Waals surface area contributed by atoms with Crippen LogP contribution in [0.5, 0.6) is 5.75 Å². The summed E-state index contributed by atoms with van der Waals surface area (Å²) in [7, 11) is 0. The Balaban J connectivity index is 2.37. The highest BCUT2D eigenvalue weighted by molar-refractivity contribution is 5.53. The number of allylic oxidation sites excluding steroid dienone is 1. The fourth-order valence-corrected chi connectivity index (χ4v) is 2.95. The third kappa shape index (κ3) is 4.06. The van der Waals surface area contributed by atoms with Crippen LogP contribution in [0.2, 0.25) is 0 Å². The molecule has 0 aromatic heterocycles. The van der Waals surface area contributed by atoms with Gasteiger partial charge in [-0.05, 0) is 52.8 Å². The monoisotopic (exact) mass is 319 g/mol. The largest absolute Gasteiger partial charge is 0.485 e. The number of benzene rings is 1. The predicted octanol–water partition coefficient (Wildman–Crippen LogP) is 4.33. The summed E-state index contributed by atoms with van der Waals surface area (Å²) in [5.41, 5.74) is 1.68. The van der Waals surface area contributed by atoms with E-state index in [2.05, 4.69) is 32.2 Å². The number of anilines is 1. The van der Waals surface area contributed by atoms with E-state index in [0.29, 0.717) is 13.2 Å². The molecular weight excluding hydrogens is 290 g/mol. The quantitative estimate of drug-likeness (QED) is 0.759. The van der Waals surface area contributed by atoms with E-state index in [0.717, 1.165) is 23.5 Å². The molecular formula is C19H29NO3. The van der Waals surface area contributed by atoms with Gasteiger partial charge in [0, 0.05) is 24.4 Å². The van der Waals surface area contributed by atoms with E-state index >= 15 is 0 Å². The maximum absolute atomic E-state index is 6.22. The third-order valence-electron chi connectivity index (χ3n) is 3.98. The van der Waals surface area contributed by atoms with Crippen LogP contribution in [-0.2, 0) is 9.47 Å². The molecule has 2 rings (SSSR count). The molecule has 0 amide bonds. The highest BCUT2D eigenvalue weighted by Crippen LogP contribution is 2.44. The highest BCUT2D eigenvalue weighted by atomic mass is 16.6. The van der Waals surface area contributed by atoms with Gasteiger partial charge in [-0.2, -0.15) is 0 Å². The zero-order valence-electron chi connectivity index (χ0n) is 14.9. The van der Waals surface area contributed by atoms with Crippen molar-refractivity contribution < 1.29 is 14.2 Å². The number of nitrogens with one attached hydrogen (secondary N) is 1. The SMILES string of the molecule is C/C=C/COC1C(OCC)c2cc(NCC)ccc2OC1(C)C. The maximum atomic E-state index is 6.22. The average molecular weight is 319 g/mol. The fourth-order valence-electron chi connectivity index (χ4n) is 2.95. The Bertz CT molecular complexity index is 539. The molecule has 0 bridgehead atoms. The van der Waals surface area contributed by atoms with Gasteiger partial charge in [0.15, 0.2) is 0 Å². The minimum absolute atomic E-state index is 0.136. The second-order valence-corrected chi connectivity index (χ2v) is 6.19. The lowest BCUT2D eigenvalue weighted by atomic mass is 9.88. The summed E-state index contributed by atoms with van der Waals surface area (Å²) in [6.07, 6.45) is 3.69. The summed E-state index contributed by atoms with van der Waals surface area (Å²) in [6.45, 7) is 12.3. The van der Waals surface area contributed by atoms with E-state index in [4.69, 9.17) is 14.2 Å². The second kappa shape index (κ2) is 7.84. The van der Waals surface area contributed by atoms with Gasteiger partial charge in [-0.25, -0.2) is 0 Å².